The summed E-state index contributed by atoms with van der Waals surface area (Å²) in [5.41, 5.74) is 0. The van der Waals surface area contributed by atoms with Crippen LogP contribution in [0.25, 0.3) is 0 Å². The summed E-state index contributed by atoms with van der Waals surface area (Å²) in [7, 11) is -3.65. The van der Waals surface area contributed by atoms with Crippen molar-refractivity contribution in [3.05, 3.63) is 0 Å². The van der Waals surface area contributed by atoms with Crippen LogP contribution >= 0.6 is 0 Å². The Hall–Kier alpha value is -0.410. The highest BCUT2D eigenvalue weighted by Gasteiger charge is 2.28. The lowest BCUT2D eigenvalue weighted by atomic mass is 10.1. The molecule has 0 aliphatic heterocycles. The van der Waals surface area contributed by atoms with E-state index in [2.05, 4.69) is 31.0 Å². The van der Waals surface area contributed by atoms with E-state index in [0.29, 0.717) is 65.0 Å². The van der Waals surface area contributed by atoms with Crippen molar-refractivity contribution in [2.24, 2.45) is 0 Å². The van der Waals surface area contributed by atoms with Gasteiger partial charge in [0.05, 0.1) is 24.6 Å². The van der Waals surface area contributed by atoms with E-state index < -0.39 is 15.4 Å². The third-order valence-electron chi connectivity index (χ3n) is 4.88. The fourth-order valence-corrected chi connectivity index (χ4v) is 4.86. The summed E-state index contributed by atoms with van der Waals surface area (Å²) in [6.07, 6.45) is 3.74. The molecule has 0 heterocycles. The molecule has 12 heteroatoms. The van der Waals surface area contributed by atoms with E-state index in [0.717, 1.165) is 25.9 Å². The Morgan fingerprint density at radius 2 is 1.12 bits per heavy atom. The molecule has 0 saturated carbocycles. The van der Waals surface area contributed by atoms with Crippen LogP contribution in [0, 0.1) is 0 Å². The number of nitrogens with one attached hydrogen (secondary N) is 4. The summed E-state index contributed by atoms with van der Waals surface area (Å²) in [6, 6.07) is 0. The first-order valence-electron chi connectivity index (χ1n) is 11.8. The molecule has 0 aromatic carbocycles. The normalized spacial score (nSPS) is 14.0. The van der Waals surface area contributed by atoms with E-state index in [1.165, 1.54) is 0 Å². The van der Waals surface area contributed by atoms with Crippen LogP contribution in [-0.2, 0) is 24.1 Å². The van der Waals surface area contributed by atoms with Crippen LogP contribution in [0.5, 0.6) is 0 Å². The first-order valence-corrected chi connectivity index (χ1v) is 13.3. The molecule has 0 rings (SSSR count). The second kappa shape index (κ2) is 22.4. The van der Waals surface area contributed by atoms with E-state index in [-0.39, 0.29) is 19.3 Å². The quantitative estimate of drug-likeness (QED) is 0.0470. The van der Waals surface area contributed by atoms with Crippen LogP contribution in [-0.4, -0.2) is 95.9 Å². The Balaban J connectivity index is 4.33. The Morgan fingerprint density at radius 1 is 0.656 bits per heavy atom. The molecule has 0 bridgehead atoms. The van der Waals surface area contributed by atoms with Crippen molar-refractivity contribution in [3.63, 3.8) is 0 Å². The molecule has 0 aromatic rings. The minimum Gasteiger partial charge on any atom is -0.315 e. The van der Waals surface area contributed by atoms with Gasteiger partial charge in [-0.3, -0.25) is 14.7 Å². The average molecular weight is 487 g/mol. The SMILES string of the molecule is CCCC(CCNCCNCCOO)OS(=O)(=O)C(CCC)CCNCCNCCOO. The summed E-state index contributed by atoms with van der Waals surface area (Å²) in [4.78, 5) is 7.98. The lowest BCUT2D eigenvalue weighted by Gasteiger charge is -2.22. The van der Waals surface area contributed by atoms with Gasteiger partial charge in [-0.15, -0.1) is 0 Å². The Bertz CT molecular complexity index is 500. The molecule has 0 radical (unpaired) electrons. The van der Waals surface area contributed by atoms with E-state index in [9.17, 15) is 8.42 Å². The molecule has 2 atom stereocenters. The van der Waals surface area contributed by atoms with Crippen LogP contribution in [0.15, 0.2) is 0 Å². The number of hydrogen-bond donors (Lipinski definition) is 6. The lowest BCUT2D eigenvalue weighted by Crippen LogP contribution is -2.35. The molecule has 32 heavy (non-hydrogen) atoms. The largest absolute Gasteiger partial charge is 0.315 e. The van der Waals surface area contributed by atoms with Crippen molar-refractivity contribution in [3.8, 4) is 0 Å². The van der Waals surface area contributed by atoms with Crippen LogP contribution in [0.2, 0.25) is 0 Å². The molecule has 0 aliphatic rings. The van der Waals surface area contributed by atoms with Gasteiger partial charge in [-0.25, -0.2) is 9.78 Å². The zero-order chi connectivity index (χ0) is 23.9. The van der Waals surface area contributed by atoms with Gasteiger partial charge >= 0.3 is 0 Å². The molecule has 0 amide bonds. The van der Waals surface area contributed by atoms with Gasteiger partial charge < -0.3 is 21.3 Å². The highest BCUT2D eigenvalue weighted by molar-refractivity contribution is 7.87. The molecule has 2 unspecified atom stereocenters. The first-order chi connectivity index (χ1) is 15.5. The van der Waals surface area contributed by atoms with E-state index in [1.807, 2.05) is 13.8 Å². The van der Waals surface area contributed by atoms with Gasteiger partial charge in [0.1, 0.15) is 0 Å². The molecule has 0 spiro atoms. The first kappa shape index (κ1) is 31.6. The molecule has 11 nitrogen and oxygen atoms in total. The second-order valence-corrected chi connectivity index (χ2v) is 9.50. The molecule has 194 valence electrons. The molecule has 0 aromatic heterocycles. The monoisotopic (exact) mass is 486 g/mol. The Labute approximate surface area is 193 Å². The molecule has 0 aliphatic carbocycles. The van der Waals surface area contributed by atoms with Crippen LogP contribution in [0.3, 0.4) is 0 Å². The van der Waals surface area contributed by atoms with Crippen molar-refractivity contribution in [2.75, 3.05) is 65.6 Å². The Kier molecular flexibility index (Phi) is 22.1. The van der Waals surface area contributed by atoms with E-state index in [1.54, 1.807) is 0 Å². The topological polar surface area (TPSA) is 150 Å². The second-order valence-electron chi connectivity index (χ2n) is 7.65. The lowest BCUT2D eigenvalue weighted by molar-refractivity contribution is -0.240. The predicted octanol–water partition coefficient (Wildman–Crippen LogP) is 0.788. The summed E-state index contributed by atoms with van der Waals surface area (Å²) in [5.74, 6) is 0. The fraction of sp³-hybridized carbons (Fsp3) is 1.00. The molecular weight excluding hydrogens is 440 g/mol. The molecule has 0 saturated heterocycles. The fourth-order valence-electron chi connectivity index (χ4n) is 3.20. The third kappa shape index (κ3) is 18.1. The standard InChI is InChI=1S/C20H46N4O7S/c1-3-5-19(7-9-21-11-13-23-15-17-29-25)31-32(27,28)20(6-4-2)8-10-22-12-14-24-16-18-30-26/h19-26H,3-18H2,1-2H3. The predicted molar refractivity (Wildman–Crippen MR) is 125 cm³/mol. The summed E-state index contributed by atoms with van der Waals surface area (Å²) in [6.45, 7) is 9.78. The van der Waals surface area contributed by atoms with E-state index in [4.69, 9.17) is 14.7 Å². The van der Waals surface area contributed by atoms with Gasteiger partial charge in [-0.2, -0.15) is 8.42 Å². The van der Waals surface area contributed by atoms with Crippen LogP contribution in [0.1, 0.15) is 52.4 Å². The minimum absolute atomic E-state index is 0.236. The highest BCUT2D eigenvalue weighted by atomic mass is 32.2. The summed E-state index contributed by atoms with van der Waals surface area (Å²) >= 11 is 0. The maximum absolute atomic E-state index is 12.9. The molecule has 6 N–H and O–H groups in total. The van der Waals surface area contributed by atoms with Gasteiger partial charge in [-0.1, -0.05) is 26.7 Å². The van der Waals surface area contributed by atoms with Gasteiger partial charge in [-0.05, 0) is 38.8 Å². The average Bonchev–Trinajstić information content (AvgIpc) is 2.76. The van der Waals surface area contributed by atoms with Crippen molar-refractivity contribution in [2.45, 2.75) is 63.7 Å². The van der Waals surface area contributed by atoms with Gasteiger partial charge in [0, 0.05) is 39.3 Å². The smallest absolute Gasteiger partial charge is 0.270 e. The van der Waals surface area contributed by atoms with Crippen molar-refractivity contribution in [1.82, 2.24) is 21.3 Å². The summed E-state index contributed by atoms with van der Waals surface area (Å²) in [5, 5.41) is 28.7. The van der Waals surface area contributed by atoms with Crippen molar-refractivity contribution >= 4 is 10.1 Å². The molecular formula is C20H46N4O7S. The van der Waals surface area contributed by atoms with E-state index >= 15 is 0 Å². The zero-order valence-corrected chi connectivity index (χ0v) is 20.6. The van der Waals surface area contributed by atoms with Gasteiger partial charge in [0.2, 0.25) is 0 Å². The van der Waals surface area contributed by atoms with Crippen LogP contribution in [0.4, 0.5) is 0 Å². The summed E-state index contributed by atoms with van der Waals surface area (Å²) < 4.78 is 31.5. The Morgan fingerprint density at radius 3 is 1.59 bits per heavy atom. The number of rotatable bonds is 25. The molecule has 0 fully saturated rings. The van der Waals surface area contributed by atoms with Crippen LogP contribution < -0.4 is 21.3 Å². The minimum atomic E-state index is -3.65. The third-order valence-corrected chi connectivity index (χ3v) is 6.71. The zero-order valence-electron chi connectivity index (χ0n) is 19.8. The van der Waals surface area contributed by atoms with Crippen molar-refractivity contribution in [1.29, 1.82) is 0 Å². The van der Waals surface area contributed by atoms with Crippen molar-refractivity contribution < 1.29 is 32.9 Å². The maximum Gasteiger partial charge on any atom is 0.270 e. The number of hydrogen-bond acceptors (Lipinski definition) is 11. The van der Waals surface area contributed by atoms with Gasteiger partial charge in [0.15, 0.2) is 0 Å². The maximum atomic E-state index is 12.9. The van der Waals surface area contributed by atoms with Gasteiger partial charge in [0.25, 0.3) is 10.1 Å². The highest BCUT2D eigenvalue weighted by Crippen LogP contribution is 2.19.